The second kappa shape index (κ2) is 9.22. The summed E-state index contributed by atoms with van der Waals surface area (Å²) in [6, 6.07) is 18.8. The molecule has 0 fully saturated rings. The van der Waals surface area contributed by atoms with E-state index in [9.17, 15) is 13.2 Å². The van der Waals surface area contributed by atoms with E-state index in [-0.39, 0.29) is 11.4 Å². The minimum Gasteiger partial charge on any atom is -0.497 e. The molecular formula is C24H26N2O4S. The second-order valence-electron chi connectivity index (χ2n) is 7.45. The summed E-state index contributed by atoms with van der Waals surface area (Å²) >= 11 is 0. The van der Waals surface area contributed by atoms with Gasteiger partial charge in [0.2, 0.25) is 5.91 Å². The number of rotatable bonds is 7. The lowest BCUT2D eigenvalue weighted by Gasteiger charge is -2.24. The zero-order chi connectivity index (χ0) is 22.6. The van der Waals surface area contributed by atoms with E-state index in [1.165, 1.54) is 19.2 Å². The third-order valence-electron chi connectivity index (χ3n) is 4.76. The summed E-state index contributed by atoms with van der Waals surface area (Å²) in [6.07, 6.45) is 0. The highest BCUT2D eigenvalue weighted by Gasteiger charge is 2.27. The molecule has 3 rings (SSSR count). The first-order valence-corrected chi connectivity index (χ1v) is 11.2. The Morgan fingerprint density at radius 3 is 2.00 bits per heavy atom. The van der Waals surface area contributed by atoms with Crippen LogP contribution in [0.2, 0.25) is 0 Å². The van der Waals surface area contributed by atoms with Crippen molar-refractivity contribution in [3.05, 3.63) is 83.4 Å². The van der Waals surface area contributed by atoms with E-state index >= 15 is 0 Å². The predicted octanol–water partition coefficient (Wildman–Crippen LogP) is 4.45. The largest absolute Gasteiger partial charge is 0.497 e. The second-order valence-corrected chi connectivity index (χ2v) is 9.31. The number of carbonyl (C=O) groups excluding carboxylic acids is 1. The van der Waals surface area contributed by atoms with Crippen LogP contribution in [0.15, 0.2) is 71.6 Å². The van der Waals surface area contributed by atoms with Gasteiger partial charge in [-0.15, -0.1) is 0 Å². The summed E-state index contributed by atoms with van der Waals surface area (Å²) in [5.74, 6) is 0.121. The van der Waals surface area contributed by atoms with Crippen LogP contribution in [-0.2, 0) is 14.8 Å². The molecule has 0 bridgehead atoms. The average Bonchev–Trinajstić information content (AvgIpc) is 2.72. The molecule has 1 amide bonds. The Morgan fingerprint density at radius 1 is 0.871 bits per heavy atom. The minimum absolute atomic E-state index is 0.0769. The number of nitrogens with one attached hydrogen (secondary N) is 1. The molecule has 0 aromatic heterocycles. The van der Waals surface area contributed by atoms with Gasteiger partial charge < -0.3 is 10.1 Å². The molecule has 3 aromatic rings. The lowest BCUT2D eigenvalue weighted by molar-refractivity contribution is -0.114. The first-order valence-electron chi connectivity index (χ1n) is 9.80. The van der Waals surface area contributed by atoms with Gasteiger partial charge in [0.05, 0.1) is 17.7 Å². The highest BCUT2D eigenvalue weighted by Crippen LogP contribution is 2.26. The average molecular weight is 439 g/mol. The van der Waals surface area contributed by atoms with Crippen molar-refractivity contribution in [2.24, 2.45) is 0 Å². The number of methoxy groups -OCH3 is 1. The molecule has 0 aliphatic carbocycles. The molecular weight excluding hydrogens is 412 g/mol. The van der Waals surface area contributed by atoms with Gasteiger partial charge in [-0.25, -0.2) is 8.42 Å². The topological polar surface area (TPSA) is 75.7 Å². The molecule has 31 heavy (non-hydrogen) atoms. The molecule has 6 nitrogen and oxygen atoms in total. The number of aryl methyl sites for hydroxylation is 3. The molecule has 0 atom stereocenters. The Hall–Kier alpha value is -3.32. The van der Waals surface area contributed by atoms with Crippen molar-refractivity contribution in [3.63, 3.8) is 0 Å². The fourth-order valence-electron chi connectivity index (χ4n) is 3.28. The third-order valence-corrected chi connectivity index (χ3v) is 6.55. The fourth-order valence-corrected chi connectivity index (χ4v) is 4.70. The molecule has 1 N–H and O–H groups in total. The Kier molecular flexibility index (Phi) is 6.65. The van der Waals surface area contributed by atoms with Crippen LogP contribution in [0.3, 0.4) is 0 Å². The molecule has 0 aliphatic rings. The van der Waals surface area contributed by atoms with Gasteiger partial charge in [0.1, 0.15) is 12.3 Å². The number of amides is 1. The van der Waals surface area contributed by atoms with Crippen LogP contribution in [0, 0.1) is 20.8 Å². The van der Waals surface area contributed by atoms with Crippen molar-refractivity contribution >= 4 is 27.3 Å². The number of anilines is 2. The number of carbonyl (C=O) groups is 1. The van der Waals surface area contributed by atoms with E-state index in [1.54, 1.807) is 24.3 Å². The highest BCUT2D eigenvalue weighted by molar-refractivity contribution is 7.92. The lowest BCUT2D eigenvalue weighted by atomic mass is 10.1. The van der Waals surface area contributed by atoms with Crippen molar-refractivity contribution < 1.29 is 17.9 Å². The number of hydrogen-bond donors (Lipinski definition) is 1. The van der Waals surface area contributed by atoms with E-state index in [0.717, 1.165) is 21.0 Å². The summed E-state index contributed by atoms with van der Waals surface area (Å²) in [5.41, 5.74) is 4.06. The molecule has 3 aromatic carbocycles. The van der Waals surface area contributed by atoms with Crippen molar-refractivity contribution in [2.75, 3.05) is 23.3 Å². The smallest absolute Gasteiger partial charge is 0.264 e. The SMILES string of the molecule is COc1ccc(S(=O)(=O)N(CC(=O)Nc2cc(C)cc(C)c2)c2ccc(C)cc2)cc1. The van der Waals surface area contributed by atoms with Gasteiger partial charge in [-0.3, -0.25) is 9.10 Å². The molecule has 7 heteroatoms. The summed E-state index contributed by atoms with van der Waals surface area (Å²) in [6.45, 7) is 5.44. The van der Waals surface area contributed by atoms with E-state index in [2.05, 4.69) is 5.32 Å². The summed E-state index contributed by atoms with van der Waals surface area (Å²) in [4.78, 5) is 12.9. The van der Waals surface area contributed by atoms with Gasteiger partial charge in [0, 0.05) is 5.69 Å². The Morgan fingerprint density at radius 2 is 1.45 bits per heavy atom. The van der Waals surface area contributed by atoms with Crippen molar-refractivity contribution in [1.82, 2.24) is 0 Å². The molecule has 0 saturated carbocycles. The number of sulfonamides is 1. The van der Waals surface area contributed by atoms with Crippen LogP contribution in [0.4, 0.5) is 11.4 Å². The molecule has 0 heterocycles. The summed E-state index contributed by atoms with van der Waals surface area (Å²) in [7, 11) is -2.47. The van der Waals surface area contributed by atoms with Gasteiger partial charge in [-0.2, -0.15) is 0 Å². The van der Waals surface area contributed by atoms with E-state index in [1.807, 2.05) is 51.1 Å². The number of benzene rings is 3. The molecule has 0 saturated heterocycles. The Bertz CT molecular complexity index is 1150. The first-order chi connectivity index (χ1) is 14.7. The molecule has 0 aliphatic heterocycles. The molecule has 0 unspecified atom stereocenters. The van der Waals surface area contributed by atoms with Crippen LogP contribution in [0.5, 0.6) is 5.75 Å². The zero-order valence-electron chi connectivity index (χ0n) is 18.0. The normalized spacial score (nSPS) is 11.1. The van der Waals surface area contributed by atoms with E-state index in [4.69, 9.17) is 4.74 Å². The molecule has 0 radical (unpaired) electrons. The third kappa shape index (κ3) is 5.44. The van der Waals surface area contributed by atoms with Crippen LogP contribution in [0.25, 0.3) is 0 Å². The quantitative estimate of drug-likeness (QED) is 0.591. The molecule has 0 spiro atoms. The summed E-state index contributed by atoms with van der Waals surface area (Å²) in [5, 5.41) is 2.81. The minimum atomic E-state index is -3.98. The van der Waals surface area contributed by atoms with Gasteiger partial charge >= 0.3 is 0 Å². The maximum atomic E-state index is 13.4. The van der Waals surface area contributed by atoms with Gasteiger partial charge in [-0.1, -0.05) is 23.8 Å². The summed E-state index contributed by atoms with van der Waals surface area (Å²) < 4.78 is 33.1. The van der Waals surface area contributed by atoms with Crippen molar-refractivity contribution in [1.29, 1.82) is 0 Å². The number of hydrogen-bond acceptors (Lipinski definition) is 4. The van der Waals surface area contributed by atoms with Crippen LogP contribution in [0.1, 0.15) is 16.7 Å². The number of nitrogens with zero attached hydrogens (tertiary/aromatic N) is 1. The fraction of sp³-hybridized carbons (Fsp3) is 0.208. The van der Waals surface area contributed by atoms with Gasteiger partial charge in [0.15, 0.2) is 0 Å². The highest BCUT2D eigenvalue weighted by atomic mass is 32.2. The van der Waals surface area contributed by atoms with Crippen molar-refractivity contribution in [2.45, 2.75) is 25.7 Å². The van der Waals surface area contributed by atoms with Crippen LogP contribution < -0.4 is 14.4 Å². The van der Waals surface area contributed by atoms with Crippen LogP contribution in [-0.4, -0.2) is 28.0 Å². The lowest BCUT2D eigenvalue weighted by Crippen LogP contribution is -2.38. The van der Waals surface area contributed by atoms with E-state index < -0.39 is 15.9 Å². The monoisotopic (exact) mass is 438 g/mol. The van der Waals surface area contributed by atoms with Gasteiger partial charge in [0.25, 0.3) is 10.0 Å². The maximum absolute atomic E-state index is 13.4. The van der Waals surface area contributed by atoms with Crippen LogP contribution >= 0.6 is 0 Å². The van der Waals surface area contributed by atoms with E-state index in [0.29, 0.717) is 17.1 Å². The Labute approximate surface area is 183 Å². The molecule has 162 valence electrons. The van der Waals surface area contributed by atoms with Gasteiger partial charge in [-0.05, 0) is 80.4 Å². The maximum Gasteiger partial charge on any atom is 0.264 e. The standard InChI is InChI=1S/C24H26N2O4S/c1-17-5-7-21(8-6-17)26(31(28,29)23-11-9-22(30-4)10-12-23)16-24(27)25-20-14-18(2)13-19(3)15-20/h5-15H,16H2,1-4H3,(H,25,27). The predicted molar refractivity (Wildman–Crippen MR) is 123 cm³/mol. The Balaban J connectivity index is 1.94. The zero-order valence-corrected chi connectivity index (χ0v) is 18.9. The first kappa shape index (κ1) is 22.4. The van der Waals surface area contributed by atoms with Crippen molar-refractivity contribution in [3.8, 4) is 5.75 Å². The number of ether oxygens (including phenoxy) is 1.